The molecule has 172 valence electrons. The van der Waals surface area contributed by atoms with Gasteiger partial charge in [0.25, 0.3) is 0 Å². The summed E-state index contributed by atoms with van der Waals surface area (Å²) in [5.74, 6) is 0.248. The molecule has 8 nitrogen and oxygen atoms in total. The van der Waals surface area contributed by atoms with Crippen LogP contribution in [0, 0.1) is 0 Å². The number of ether oxygens (including phenoxy) is 2. The molecule has 1 heterocycles. The third kappa shape index (κ3) is 6.45. The van der Waals surface area contributed by atoms with Crippen molar-refractivity contribution in [2.75, 3.05) is 54.0 Å². The number of methoxy groups -OCH3 is 2. The maximum Gasteiger partial charge on any atom is 0.309 e. The standard InChI is InChI=1S/C24H32N4O4/c1-27-12-14-28(15-13-27)22(19-6-10-21(32-3)11-7-19)17-26-24(30)23(29)25-16-18-4-8-20(31-2)9-5-18/h4-11,22H,12-17H2,1-3H3,(H,25,29)(H,26,30)/t22-/m1/s1. The van der Waals surface area contributed by atoms with Crippen LogP contribution in [0.3, 0.4) is 0 Å². The molecule has 0 saturated carbocycles. The Balaban J connectivity index is 1.58. The summed E-state index contributed by atoms with van der Waals surface area (Å²) < 4.78 is 10.4. The molecular weight excluding hydrogens is 408 g/mol. The van der Waals surface area contributed by atoms with Gasteiger partial charge in [-0.15, -0.1) is 0 Å². The van der Waals surface area contributed by atoms with Gasteiger partial charge in [0.1, 0.15) is 11.5 Å². The van der Waals surface area contributed by atoms with Crippen molar-refractivity contribution in [3.8, 4) is 11.5 Å². The first-order valence-electron chi connectivity index (χ1n) is 10.8. The lowest BCUT2D eigenvalue weighted by Crippen LogP contribution is -2.49. The Morgan fingerprint density at radius 2 is 1.38 bits per heavy atom. The van der Waals surface area contributed by atoms with Gasteiger partial charge in [0, 0.05) is 39.3 Å². The van der Waals surface area contributed by atoms with Gasteiger partial charge >= 0.3 is 11.8 Å². The number of piperazine rings is 1. The van der Waals surface area contributed by atoms with Crippen LogP contribution in [0.5, 0.6) is 11.5 Å². The average Bonchev–Trinajstić information content (AvgIpc) is 2.84. The topological polar surface area (TPSA) is 83.1 Å². The van der Waals surface area contributed by atoms with E-state index in [-0.39, 0.29) is 12.6 Å². The summed E-state index contributed by atoms with van der Waals surface area (Å²) in [5, 5.41) is 5.49. The zero-order valence-electron chi connectivity index (χ0n) is 19.0. The highest BCUT2D eigenvalue weighted by Crippen LogP contribution is 2.24. The van der Waals surface area contributed by atoms with Crippen molar-refractivity contribution in [1.29, 1.82) is 0 Å². The Labute approximate surface area is 189 Å². The van der Waals surface area contributed by atoms with Gasteiger partial charge in [-0.3, -0.25) is 14.5 Å². The van der Waals surface area contributed by atoms with E-state index >= 15 is 0 Å². The molecule has 2 aromatic carbocycles. The number of benzene rings is 2. The number of nitrogens with one attached hydrogen (secondary N) is 2. The molecule has 0 aromatic heterocycles. The van der Waals surface area contributed by atoms with E-state index in [0.717, 1.165) is 48.8 Å². The first-order valence-corrected chi connectivity index (χ1v) is 10.8. The molecule has 0 spiro atoms. The molecule has 1 aliphatic heterocycles. The Kier molecular flexibility index (Phi) is 8.47. The van der Waals surface area contributed by atoms with Gasteiger partial charge in [-0.25, -0.2) is 0 Å². The van der Waals surface area contributed by atoms with Gasteiger partial charge in [-0.2, -0.15) is 0 Å². The van der Waals surface area contributed by atoms with Crippen molar-refractivity contribution in [2.24, 2.45) is 0 Å². The highest BCUT2D eigenvalue weighted by atomic mass is 16.5. The third-order valence-electron chi connectivity index (χ3n) is 5.75. The summed E-state index contributed by atoms with van der Waals surface area (Å²) >= 11 is 0. The molecule has 0 aliphatic carbocycles. The van der Waals surface area contributed by atoms with Gasteiger partial charge < -0.3 is 25.0 Å². The van der Waals surface area contributed by atoms with Gasteiger partial charge in [0.2, 0.25) is 0 Å². The molecule has 32 heavy (non-hydrogen) atoms. The van der Waals surface area contributed by atoms with Crippen molar-refractivity contribution in [2.45, 2.75) is 12.6 Å². The molecule has 8 heteroatoms. The Morgan fingerprint density at radius 3 is 1.94 bits per heavy atom. The van der Waals surface area contributed by atoms with E-state index in [9.17, 15) is 9.59 Å². The predicted octanol–water partition coefficient (Wildman–Crippen LogP) is 1.42. The maximum absolute atomic E-state index is 12.4. The normalized spacial score (nSPS) is 15.6. The fraction of sp³-hybridized carbons (Fsp3) is 0.417. The number of carbonyl (C=O) groups excluding carboxylic acids is 2. The highest BCUT2D eigenvalue weighted by molar-refractivity contribution is 6.35. The molecule has 0 bridgehead atoms. The van der Waals surface area contributed by atoms with E-state index in [1.54, 1.807) is 14.2 Å². The molecular formula is C24H32N4O4. The van der Waals surface area contributed by atoms with Crippen LogP contribution in [0.2, 0.25) is 0 Å². The molecule has 1 saturated heterocycles. The first-order chi connectivity index (χ1) is 15.5. The zero-order chi connectivity index (χ0) is 22.9. The van der Waals surface area contributed by atoms with Gasteiger partial charge in [-0.1, -0.05) is 24.3 Å². The minimum Gasteiger partial charge on any atom is -0.497 e. The Hall–Kier alpha value is -3.10. The Morgan fingerprint density at radius 1 is 0.844 bits per heavy atom. The smallest absolute Gasteiger partial charge is 0.309 e. The summed E-state index contributed by atoms with van der Waals surface area (Å²) in [5.41, 5.74) is 1.97. The van der Waals surface area contributed by atoms with E-state index in [4.69, 9.17) is 9.47 Å². The number of carbonyl (C=O) groups is 2. The van der Waals surface area contributed by atoms with Crippen LogP contribution in [0.4, 0.5) is 0 Å². The fourth-order valence-electron chi connectivity index (χ4n) is 3.69. The predicted molar refractivity (Wildman–Crippen MR) is 123 cm³/mol. The second-order valence-electron chi connectivity index (χ2n) is 7.87. The van der Waals surface area contributed by atoms with Crippen LogP contribution in [-0.2, 0) is 16.1 Å². The van der Waals surface area contributed by atoms with Crippen LogP contribution in [0.25, 0.3) is 0 Å². The monoisotopic (exact) mass is 440 g/mol. The number of amides is 2. The number of hydrogen-bond donors (Lipinski definition) is 2. The molecule has 0 radical (unpaired) electrons. The molecule has 0 unspecified atom stereocenters. The molecule has 2 amide bonds. The Bertz CT molecular complexity index is 878. The molecule has 1 fully saturated rings. The lowest BCUT2D eigenvalue weighted by Gasteiger charge is -2.38. The summed E-state index contributed by atoms with van der Waals surface area (Å²) in [6.07, 6.45) is 0. The summed E-state index contributed by atoms with van der Waals surface area (Å²) in [4.78, 5) is 29.4. The lowest BCUT2D eigenvalue weighted by atomic mass is 10.0. The van der Waals surface area contributed by atoms with Crippen LogP contribution in [0.15, 0.2) is 48.5 Å². The van der Waals surface area contributed by atoms with Crippen molar-refractivity contribution in [3.63, 3.8) is 0 Å². The maximum atomic E-state index is 12.4. The van der Waals surface area contributed by atoms with Gasteiger partial charge in [0.05, 0.1) is 20.3 Å². The highest BCUT2D eigenvalue weighted by Gasteiger charge is 2.25. The second-order valence-corrected chi connectivity index (χ2v) is 7.87. The largest absolute Gasteiger partial charge is 0.497 e. The summed E-state index contributed by atoms with van der Waals surface area (Å²) in [7, 11) is 5.34. The molecule has 1 atom stereocenters. The SMILES string of the molecule is COc1ccc(CNC(=O)C(=O)NC[C@H](c2ccc(OC)cc2)N2CCN(C)CC2)cc1. The average molecular weight is 441 g/mol. The van der Waals surface area contributed by atoms with Crippen molar-refractivity contribution in [1.82, 2.24) is 20.4 Å². The van der Waals surface area contributed by atoms with E-state index in [1.807, 2.05) is 48.5 Å². The molecule has 2 N–H and O–H groups in total. The zero-order valence-corrected chi connectivity index (χ0v) is 19.0. The molecule has 2 aromatic rings. The summed E-state index contributed by atoms with van der Waals surface area (Å²) in [6, 6.07) is 15.2. The fourth-order valence-corrected chi connectivity index (χ4v) is 3.69. The van der Waals surface area contributed by atoms with E-state index in [1.165, 1.54) is 0 Å². The summed E-state index contributed by atoms with van der Waals surface area (Å²) in [6.45, 7) is 4.34. The molecule has 1 aliphatic rings. The van der Waals surface area contributed by atoms with E-state index < -0.39 is 11.8 Å². The van der Waals surface area contributed by atoms with Crippen LogP contribution < -0.4 is 20.1 Å². The van der Waals surface area contributed by atoms with Gasteiger partial charge in [0.15, 0.2) is 0 Å². The quantitative estimate of drug-likeness (QED) is 0.605. The molecule has 3 rings (SSSR count). The van der Waals surface area contributed by atoms with Crippen LogP contribution in [-0.4, -0.2) is 75.6 Å². The van der Waals surface area contributed by atoms with Crippen molar-refractivity contribution < 1.29 is 19.1 Å². The number of likely N-dealkylation sites (N-methyl/N-ethyl adjacent to an activating group) is 1. The van der Waals surface area contributed by atoms with Crippen molar-refractivity contribution in [3.05, 3.63) is 59.7 Å². The number of hydrogen-bond acceptors (Lipinski definition) is 6. The van der Waals surface area contributed by atoms with Crippen molar-refractivity contribution >= 4 is 11.8 Å². The third-order valence-corrected chi connectivity index (χ3v) is 5.75. The lowest BCUT2D eigenvalue weighted by molar-refractivity contribution is -0.139. The van der Waals surface area contributed by atoms with E-state index in [0.29, 0.717) is 6.54 Å². The van der Waals surface area contributed by atoms with Crippen LogP contribution >= 0.6 is 0 Å². The van der Waals surface area contributed by atoms with Gasteiger partial charge in [-0.05, 0) is 42.4 Å². The number of nitrogens with zero attached hydrogens (tertiary/aromatic N) is 2. The second kappa shape index (κ2) is 11.5. The minimum absolute atomic E-state index is 0.0204. The van der Waals surface area contributed by atoms with E-state index in [2.05, 4.69) is 27.5 Å². The van der Waals surface area contributed by atoms with Crippen LogP contribution in [0.1, 0.15) is 17.2 Å². The number of rotatable bonds is 8. The first kappa shape index (κ1) is 23.6. The minimum atomic E-state index is -0.646.